The van der Waals surface area contributed by atoms with Crippen LogP contribution in [0.5, 0.6) is 0 Å². The van der Waals surface area contributed by atoms with Gasteiger partial charge in [0.1, 0.15) is 41.8 Å². The highest BCUT2D eigenvalue weighted by atomic mass is 127. The van der Waals surface area contributed by atoms with Crippen LogP contribution in [0.3, 0.4) is 0 Å². The number of aliphatic carboxylic acids is 1. The molecule has 0 aromatic heterocycles. The Bertz CT molecular complexity index is 2110. The zero-order chi connectivity index (χ0) is 52.8. The summed E-state index contributed by atoms with van der Waals surface area (Å²) < 4.78 is 27.8. The van der Waals surface area contributed by atoms with Gasteiger partial charge < -0.3 is 74.8 Å². The number of primary amides is 1. The summed E-state index contributed by atoms with van der Waals surface area (Å²) in [5.41, 5.74) is 16.1. The highest BCUT2D eigenvalue weighted by Crippen LogP contribution is 2.19. The van der Waals surface area contributed by atoms with Crippen LogP contribution in [0.2, 0.25) is 0 Å². The molecule has 1 aromatic rings. The van der Waals surface area contributed by atoms with Crippen molar-refractivity contribution in [3.63, 3.8) is 0 Å². The first-order valence-corrected chi connectivity index (χ1v) is 23.4. The number of guanidine groups is 1. The van der Waals surface area contributed by atoms with Crippen molar-refractivity contribution >= 4 is 117 Å². The van der Waals surface area contributed by atoms with Crippen LogP contribution in [-0.2, 0) is 59.2 Å². The van der Waals surface area contributed by atoms with Gasteiger partial charge in [0.05, 0.1) is 37.7 Å². The molecule has 26 nitrogen and oxygen atoms in total. The smallest absolute Gasteiger partial charge is 0.303 e. The third kappa shape index (κ3) is 21.4. The number of likely N-dealkylation sites (tertiary alicyclic amines) is 1. The Morgan fingerprint density at radius 3 is 1.91 bits per heavy atom. The summed E-state index contributed by atoms with van der Waals surface area (Å²) in [5, 5.41) is 45.4. The zero-order valence-corrected chi connectivity index (χ0v) is 41.1. The lowest BCUT2D eigenvalue weighted by molar-refractivity contribution is -0.140. The molecule has 0 bridgehead atoms. The van der Waals surface area contributed by atoms with Crippen molar-refractivity contribution in [2.24, 2.45) is 17.2 Å². The van der Waals surface area contributed by atoms with E-state index in [1.165, 1.54) is 22.6 Å². The number of carbonyl (C=O) groups excluding carboxylic acids is 10. The van der Waals surface area contributed by atoms with E-state index in [4.69, 9.17) is 27.7 Å². The van der Waals surface area contributed by atoms with Gasteiger partial charge in [-0.25, -0.2) is 8.78 Å². The van der Waals surface area contributed by atoms with Crippen LogP contribution >= 0.6 is 47.8 Å². The summed E-state index contributed by atoms with van der Waals surface area (Å²) in [7, 11) is 0. The summed E-state index contributed by atoms with van der Waals surface area (Å²) in [6.45, 7) is -2.04. The Balaban J connectivity index is 2.21. The standard InChI is InChI=1S/C39H56F2IN13O13S2/c40-18-6-17(7-19(41)9-18)8-24(50-29(58)12-48-34(64)23(3-4-31(60)61)52-33(63)21(43)15-69)35(65)49-13-30(59)55-14-20(56)10-27(55)38(68)53-25(11-28(44)57)36(66)54-26(16-70)37(67)51-22(32(42)62)2-1-5-47-39(45)46/h6-7,9,20-27,56,69-70H,1-5,8,10-16,43H2,(H2,44,57)(H,48,64)(H,49,65)(H,50,58)(H,51,67)(H,52,63)(H,53,68)(H,54,66)(H,60,61)(H4,45,46,47)/t20?,21-,22+,23-,24-,25+,26?,27?/m1/s1. The summed E-state index contributed by atoms with van der Waals surface area (Å²) >= 11 is 9.47. The molecule has 9 amide bonds. The molecule has 1 fully saturated rings. The number of nitrogens with one attached hydrogen (secondary N) is 9. The van der Waals surface area contributed by atoms with Crippen molar-refractivity contribution in [1.29, 1.82) is 5.41 Å². The van der Waals surface area contributed by atoms with Gasteiger partial charge in [-0.1, -0.05) is 0 Å². The van der Waals surface area contributed by atoms with Crippen molar-refractivity contribution in [2.45, 2.75) is 93.3 Å². The molecule has 8 atom stereocenters. The second-order valence-corrected chi connectivity index (χ2v) is 17.4. The maximum Gasteiger partial charge on any atom is 0.303 e. The molecule has 1 heterocycles. The molecule has 0 radical (unpaired) electrons. The van der Waals surface area contributed by atoms with Crippen molar-refractivity contribution in [2.75, 3.05) is 37.7 Å². The molecular formula is C39H56F2IN13O13S2. The molecule has 17 N–H and O–H groups in total. The summed E-state index contributed by atoms with van der Waals surface area (Å²) in [6, 6.07) is -7.79. The van der Waals surface area contributed by atoms with Crippen LogP contribution in [-0.4, -0.2) is 170 Å². The third-order valence-electron chi connectivity index (χ3n) is 10.00. The number of nitrogens with zero attached hydrogens (tertiary/aromatic N) is 1. The second kappa shape index (κ2) is 30.0. The van der Waals surface area contributed by atoms with Gasteiger partial charge in [0.2, 0.25) is 57.0 Å². The topological polar surface area (TPSA) is 430 Å². The van der Waals surface area contributed by atoms with E-state index >= 15 is 0 Å². The third-order valence-corrected chi connectivity index (χ3v) is 11.5. The largest absolute Gasteiger partial charge is 0.481 e. The van der Waals surface area contributed by atoms with Crippen molar-refractivity contribution in [3.8, 4) is 0 Å². The number of carboxylic acids is 1. The van der Waals surface area contributed by atoms with Gasteiger partial charge in [-0.05, 0) is 37.0 Å². The minimum absolute atomic E-state index is 0.125. The molecular weight excluding hydrogens is 1090 g/mol. The molecule has 0 aliphatic carbocycles. The van der Waals surface area contributed by atoms with Crippen LogP contribution in [0.25, 0.3) is 0 Å². The number of carbonyl (C=O) groups is 11. The number of aliphatic hydroxyl groups excluding tert-OH is 1. The maximum atomic E-state index is 14.1. The zero-order valence-electron chi connectivity index (χ0n) is 37.1. The summed E-state index contributed by atoms with van der Waals surface area (Å²) in [5.74, 6) is -13.3. The van der Waals surface area contributed by atoms with E-state index in [9.17, 15) is 66.6 Å². The first kappa shape index (κ1) is 60.2. The summed E-state index contributed by atoms with van der Waals surface area (Å²) in [6.07, 6.45) is -3.66. The molecule has 31 heteroatoms. The van der Waals surface area contributed by atoms with Crippen molar-refractivity contribution < 1.29 is 71.7 Å². The number of benzene rings is 1. The molecule has 388 valence electrons. The molecule has 1 saturated heterocycles. The van der Waals surface area contributed by atoms with E-state index in [1.54, 1.807) is 0 Å². The van der Waals surface area contributed by atoms with E-state index in [1.807, 2.05) is 0 Å². The molecule has 2 rings (SSSR count). The monoisotopic (exact) mass is 1140 g/mol. The average molecular weight is 1140 g/mol. The number of carboxylic acid groups (broad SMARTS) is 1. The quantitative estimate of drug-likeness (QED) is 0.00888. The van der Waals surface area contributed by atoms with E-state index in [-0.39, 0.29) is 36.0 Å². The number of hydrogen-bond acceptors (Lipinski definition) is 16. The first-order chi connectivity index (χ1) is 32.8. The normalized spacial score (nSPS) is 16.6. The number of hydrogen-bond donors (Lipinski definition) is 16. The number of halogens is 3. The van der Waals surface area contributed by atoms with E-state index in [0.717, 1.165) is 17.0 Å². The molecule has 0 spiro atoms. The highest BCUT2D eigenvalue weighted by Gasteiger charge is 2.41. The lowest BCUT2D eigenvalue weighted by Crippen LogP contribution is -2.59. The number of aliphatic hydroxyl groups is 1. The van der Waals surface area contributed by atoms with E-state index < -0.39 is 175 Å². The first-order valence-electron chi connectivity index (χ1n) is 21.1. The Morgan fingerprint density at radius 2 is 1.34 bits per heavy atom. The van der Waals surface area contributed by atoms with Gasteiger partial charge in [0, 0.05) is 72.5 Å². The Labute approximate surface area is 423 Å². The van der Waals surface area contributed by atoms with Crippen molar-refractivity contribution in [1.82, 2.24) is 47.4 Å². The minimum atomic E-state index is -1.75. The van der Waals surface area contributed by atoms with Crippen LogP contribution in [0.15, 0.2) is 18.2 Å². The number of thiol groups is 2. The maximum absolute atomic E-state index is 14.1. The van der Waals surface area contributed by atoms with Crippen LogP contribution in [0, 0.1) is 17.0 Å². The predicted octanol–water partition coefficient (Wildman–Crippen LogP) is -5.72. The van der Waals surface area contributed by atoms with Gasteiger partial charge in [0.15, 0.2) is 5.96 Å². The van der Waals surface area contributed by atoms with E-state index in [2.05, 4.69) is 67.8 Å². The molecule has 0 saturated carbocycles. The Hall–Kier alpha value is -5.93. The summed E-state index contributed by atoms with van der Waals surface area (Å²) in [4.78, 5) is 142. The average Bonchev–Trinajstić information content (AvgIpc) is 3.68. The predicted molar refractivity (Wildman–Crippen MR) is 256 cm³/mol. The fourth-order valence-electron chi connectivity index (χ4n) is 6.52. The van der Waals surface area contributed by atoms with Gasteiger partial charge in [-0.2, -0.15) is 25.3 Å². The Morgan fingerprint density at radius 1 is 0.757 bits per heavy atom. The Kier molecular flexibility index (Phi) is 25.8. The molecule has 1 aliphatic rings. The van der Waals surface area contributed by atoms with Crippen molar-refractivity contribution in [3.05, 3.63) is 35.4 Å². The van der Waals surface area contributed by atoms with Gasteiger partial charge in [-0.3, -0.25) is 58.1 Å². The van der Waals surface area contributed by atoms with Crippen LogP contribution in [0.1, 0.15) is 44.1 Å². The van der Waals surface area contributed by atoms with Gasteiger partial charge >= 0.3 is 5.97 Å². The number of nitrogens with two attached hydrogens (primary N) is 3. The number of rotatable bonds is 29. The van der Waals surface area contributed by atoms with Gasteiger partial charge in [0.25, 0.3) is 0 Å². The second-order valence-electron chi connectivity index (χ2n) is 15.6. The van der Waals surface area contributed by atoms with Crippen LogP contribution in [0.4, 0.5) is 8.78 Å². The molecule has 3 unspecified atom stereocenters. The molecule has 1 aromatic carbocycles. The number of β-amino-alcohol motifs (C(OH)–C–C–N with tert-alkyl or cyclic N) is 1. The molecule has 1 aliphatic heterocycles. The lowest BCUT2D eigenvalue weighted by Gasteiger charge is -2.27. The molecule has 70 heavy (non-hydrogen) atoms. The fourth-order valence-corrected chi connectivity index (χ4v) is 7.41. The lowest BCUT2D eigenvalue weighted by atomic mass is 10.0. The minimum Gasteiger partial charge on any atom is -0.481 e. The van der Waals surface area contributed by atoms with Gasteiger partial charge in [-0.15, -0.1) is 0 Å². The highest BCUT2D eigenvalue weighted by molar-refractivity contribution is 14.1. The van der Waals surface area contributed by atoms with E-state index in [0.29, 0.717) is 12.5 Å². The van der Waals surface area contributed by atoms with Crippen LogP contribution < -0.4 is 59.7 Å². The SMILES string of the molecule is N=C(N)NCCC[C@H](NC(=O)C(CS)NC(=O)[C@H](CC(N)=O)NC(=O)C1CC(O)CN1C(=O)CNC(=O)[C@@H](Cc1cc(F)cc(F)c1)NC(=O)CNC(=O)[C@@H](CCC(=O)O)NC(=O)[C@H](N)CS)C(=O)I. The fraction of sp³-hybridized carbons (Fsp3) is 0.538. The number of amides is 9.